The predicted octanol–water partition coefficient (Wildman–Crippen LogP) is 2.75. The van der Waals surface area contributed by atoms with E-state index in [2.05, 4.69) is 18.7 Å². The number of hydrogen-bond donors (Lipinski definition) is 1. The summed E-state index contributed by atoms with van der Waals surface area (Å²) < 4.78 is 0. The molecule has 0 saturated carbocycles. The van der Waals surface area contributed by atoms with Gasteiger partial charge in [0.2, 0.25) is 0 Å². The Labute approximate surface area is 98.8 Å². The second-order valence-corrected chi connectivity index (χ2v) is 4.93. The molecule has 3 nitrogen and oxygen atoms in total. The molecule has 0 amide bonds. The Balaban J connectivity index is 2.30. The maximum absolute atomic E-state index is 10.5. The number of likely N-dealkylation sites (tertiary alicyclic amines) is 1. The van der Waals surface area contributed by atoms with E-state index in [-0.39, 0.29) is 0 Å². The first-order valence-corrected chi connectivity index (χ1v) is 6.63. The smallest absolute Gasteiger partial charge is 0.303 e. The second-order valence-electron chi connectivity index (χ2n) is 4.93. The van der Waals surface area contributed by atoms with Gasteiger partial charge in [-0.05, 0) is 38.1 Å². The van der Waals surface area contributed by atoms with E-state index in [4.69, 9.17) is 5.11 Å². The molecule has 3 heteroatoms. The van der Waals surface area contributed by atoms with Crippen LogP contribution in [0.1, 0.15) is 52.4 Å². The summed E-state index contributed by atoms with van der Waals surface area (Å²) in [7, 11) is 0. The van der Waals surface area contributed by atoms with Crippen LogP contribution in [0.25, 0.3) is 0 Å². The highest BCUT2D eigenvalue weighted by molar-refractivity contribution is 5.66. The molecule has 2 atom stereocenters. The lowest BCUT2D eigenvalue weighted by molar-refractivity contribution is -0.137. The second kappa shape index (κ2) is 6.89. The Hall–Kier alpha value is -0.570. The Morgan fingerprint density at radius 1 is 1.50 bits per heavy atom. The van der Waals surface area contributed by atoms with Crippen molar-refractivity contribution in [3.63, 3.8) is 0 Å². The summed E-state index contributed by atoms with van der Waals surface area (Å²) in [6.07, 6.45) is 6.13. The lowest BCUT2D eigenvalue weighted by atomic mass is 10.0. The fraction of sp³-hybridized carbons (Fsp3) is 0.923. The molecule has 0 bridgehead atoms. The van der Waals surface area contributed by atoms with Gasteiger partial charge in [-0.3, -0.25) is 4.79 Å². The van der Waals surface area contributed by atoms with Crippen LogP contribution < -0.4 is 0 Å². The van der Waals surface area contributed by atoms with Crippen molar-refractivity contribution in [2.45, 2.75) is 58.4 Å². The van der Waals surface area contributed by atoms with Gasteiger partial charge in [-0.1, -0.05) is 20.3 Å². The zero-order valence-electron chi connectivity index (χ0n) is 10.6. The van der Waals surface area contributed by atoms with Crippen LogP contribution in [0.2, 0.25) is 0 Å². The third-order valence-corrected chi connectivity index (χ3v) is 3.69. The van der Waals surface area contributed by atoms with Gasteiger partial charge in [-0.2, -0.15) is 0 Å². The van der Waals surface area contributed by atoms with Crippen LogP contribution in [0.3, 0.4) is 0 Å². The van der Waals surface area contributed by atoms with Gasteiger partial charge in [0.15, 0.2) is 0 Å². The molecule has 1 N–H and O–H groups in total. The van der Waals surface area contributed by atoms with Crippen molar-refractivity contribution < 1.29 is 9.90 Å². The maximum Gasteiger partial charge on any atom is 0.303 e. The number of carboxylic acids is 1. The summed E-state index contributed by atoms with van der Waals surface area (Å²) in [5, 5.41) is 8.67. The topological polar surface area (TPSA) is 40.5 Å². The quantitative estimate of drug-likeness (QED) is 0.727. The minimum absolute atomic E-state index is 0.336. The number of nitrogens with zero attached hydrogens (tertiary/aromatic N) is 1. The highest BCUT2D eigenvalue weighted by Crippen LogP contribution is 2.25. The number of carbonyl (C=O) groups is 1. The molecular weight excluding hydrogens is 202 g/mol. The number of hydrogen-bond acceptors (Lipinski definition) is 2. The summed E-state index contributed by atoms with van der Waals surface area (Å²) >= 11 is 0. The van der Waals surface area contributed by atoms with Crippen molar-refractivity contribution in [3.05, 3.63) is 0 Å². The van der Waals surface area contributed by atoms with Gasteiger partial charge in [-0.15, -0.1) is 0 Å². The molecule has 0 aromatic rings. The minimum atomic E-state index is -0.654. The largest absolute Gasteiger partial charge is 0.481 e. The van der Waals surface area contributed by atoms with Gasteiger partial charge < -0.3 is 10.0 Å². The highest BCUT2D eigenvalue weighted by atomic mass is 16.4. The van der Waals surface area contributed by atoms with Gasteiger partial charge in [0.05, 0.1) is 0 Å². The summed E-state index contributed by atoms with van der Waals surface area (Å²) in [4.78, 5) is 13.1. The monoisotopic (exact) mass is 227 g/mol. The molecule has 0 aromatic carbocycles. The van der Waals surface area contributed by atoms with Gasteiger partial charge in [0.1, 0.15) is 0 Å². The van der Waals surface area contributed by atoms with Crippen LogP contribution in [-0.2, 0) is 4.79 Å². The maximum atomic E-state index is 10.5. The van der Waals surface area contributed by atoms with Gasteiger partial charge in [-0.25, -0.2) is 0 Å². The van der Waals surface area contributed by atoms with Crippen molar-refractivity contribution in [3.8, 4) is 0 Å². The molecule has 1 aliphatic rings. The molecule has 1 fully saturated rings. The molecule has 0 spiro atoms. The molecule has 94 valence electrons. The first-order valence-electron chi connectivity index (χ1n) is 6.63. The van der Waals surface area contributed by atoms with E-state index < -0.39 is 5.97 Å². The fourth-order valence-corrected chi connectivity index (χ4v) is 2.74. The third kappa shape index (κ3) is 4.12. The van der Waals surface area contributed by atoms with Crippen LogP contribution in [0.5, 0.6) is 0 Å². The number of aliphatic carboxylic acids is 1. The summed E-state index contributed by atoms with van der Waals surface area (Å²) in [5.74, 6) is -0.0407. The zero-order chi connectivity index (χ0) is 12.0. The van der Waals surface area contributed by atoms with Gasteiger partial charge >= 0.3 is 5.97 Å². The highest BCUT2D eigenvalue weighted by Gasteiger charge is 2.26. The van der Waals surface area contributed by atoms with Crippen LogP contribution in [0, 0.1) is 5.92 Å². The van der Waals surface area contributed by atoms with E-state index in [0.29, 0.717) is 12.3 Å². The van der Waals surface area contributed by atoms with Crippen LogP contribution in [-0.4, -0.2) is 35.1 Å². The van der Waals surface area contributed by atoms with E-state index in [0.717, 1.165) is 19.0 Å². The molecule has 0 aromatic heterocycles. The fourth-order valence-electron chi connectivity index (χ4n) is 2.74. The van der Waals surface area contributed by atoms with Gasteiger partial charge in [0, 0.05) is 19.0 Å². The van der Waals surface area contributed by atoms with Crippen LogP contribution >= 0.6 is 0 Å². The summed E-state index contributed by atoms with van der Waals surface area (Å²) in [6.45, 7) is 6.78. The lowest BCUT2D eigenvalue weighted by Gasteiger charge is -2.26. The first-order chi connectivity index (χ1) is 7.67. The molecule has 2 unspecified atom stereocenters. The number of rotatable bonds is 7. The first kappa shape index (κ1) is 13.5. The molecule has 1 rings (SSSR count). The molecule has 1 heterocycles. The molecule has 0 radical (unpaired) electrons. The Kier molecular flexibility index (Phi) is 5.81. The van der Waals surface area contributed by atoms with Crippen molar-refractivity contribution in [1.82, 2.24) is 4.90 Å². The SMILES string of the molecule is CCCC(CC)N1CCC(CCC(=O)O)C1. The Bertz CT molecular complexity index is 218. The van der Waals surface area contributed by atoms with E-state index in [9.17, 15) is 4.79 Å². The minimum Gasteiger partial charge on any atom is -0.481 e. The molecule has 0 aliphatic carbocycles. The molecular formula is C13H25NO2. The van der Waals surface area contributed by atoms with Crippen molar-refractivity contribution in [2.75, 3.05) is 13.1 Å². The molecule has 1 aliphatic heterocycles. The third-order valence-electron chi connectivity index (χ3n) is 3.69. The normalized spacial score (nSPS) is 23.5. The molecule has 1 saturated heterocycles. The van der Waals surface area contributed by atoms with Crippen molar-refractivity contribution >= 4 is 5.97 Å². The lowest BCUT2D eigenvalue weighted by Crippen LogP contribution is -2.32. The Morgan fingerprint density at radius 3 is 2.81 bits per heavy atom. The summed E-state index contributed by atoms with van der Waals surface area (Å²) in [5.41, 5.74) is 0. The predicted molar refractivity (Wildman–Crippen MR) is 65.5 cm³/mol. The standard InChI is InChI=1S/C13H25NO2/c1-3-5-12(4-2)14-9-8-11(10-14)6-7-13(15)16/h11-12H,3-10H2,1-2H3,(H,15,16). The van der Waals surface area contributed by atoms with E-state index in [1.165, 1.54) is 32.2 Å². The summed E-state index contributed by atoms with van der Waals surface area (Å²) in [6, 6.07) is 0.722. The van der Waals surface area contributed by atoms with Crippen LogP contribution in [0.15, 0.2) is 0 Å². The van der Waals surface area contributed by atoms with E-state index >= 15 is 0 Å². The number of carboxylic acid groups (broad SMARTS) is 1. The van der Waals surface area contributed by atoms with Crippen molar-refractivity contribution in [2.24, 2.45) is 5.92 Å². The van der Waals surface area contributed by atoms with E-state index in [1.807, 2.05) is 0 Å². The van der Waals surface area contributed by atoms with Gasteiger partial charge in [0.25, 0.3) is 0 Å². The molecule has 16 heavy (non-hydrogen) atoms. The zero-order valence-corrected chi connectivity index (χ0v) is 10.6. The van der Waals surface area contributed by atoms with Crippen LogP contribution in [0.4, 0.5) is 0 Å². The van der Waals surface area contributed by atoms with Crippen molar-refractivity contribution in [1.29, 1.82) is 0 Å². The average Bonchev–Trinajstić information content (AvgIpc) is 2.71. The Morgan fingerprint density at radius 2 is 2.25 bits per heavy atom. The average molecular weight is 227 g/mol. The van der Waals surface area contributed by atoms with E-state index in [1.54, 1.807) is 0 Å².